The third-order valence-corrected chi connectivity index (χ3v) is 3.57. The minimum absolute atomic E-state index is 0.129. The molecule has 0 saturated carbocycles. The molecule has 0 radical (unpaired) electrons. The Balaban J connectivity index is 2.43. The molecule has 0 unspecified atom stereocenters. The first kappa shape index (κ1) is 14.1. The van der Waals surface area contributed by atoms with Crippen molar-refractivity contribution in [3.05, 3.63) is 51.3 Å². The lowest BCUT2D eigenvalue weighted by Crippen LogP contribution is -2.12. The van der Waals surface area contributed by atoms with Crippen molar-refractivity contribution in [2.45, 2.75) is 26.8 Å². The van der Waals surface area contributed by atoms with Gasteiger partial charge in [0.15, 0.2) is 0 Å². The predicted molar refractivity (Wildman–Crippen MR) is 77.1 cm³/mol. The second-order valence-electron chi connectivity index (χ2n) is 4.36. The minimum atomic E-state index is -0.129. The fourth-order valence-electron chi connectivity index (χ4n) is 1.89. The molecular formula is C14H14Cl2N2O. The van der Waals surface area contributed by atoms with Crippen LogP contribution in [0, 0.1) is 6.92 Å². The number of carbonyl (C=O) groups excluding carboxylic acids is 1. The van der Waals surface area contributed by atoms with Crippen molar-refractivity contribution in [3.63, 3.8) is 0 Å². The van der Waals surface area contributed by atoms with Crippen molar-refractivity contribution in [1.29, 1.82) is 0 Å². The van der Waals surface area contributed by atoms with Gasteiger partial charge in [-0.15, -0.1) is 0 Å². The molecule has 0 N–H and O–H groups in total. The number of carbonyl (C=O) groups is 1. The van der Waals surface area contributed by atoms with Crippen molar-refractivity contribution >= 4 is 29.0 Å². The van der Waals surface area contributed by atoms with E-state index in [2.05, 4.69) is 5.10 Å². The molecule has 1 heterocycles. The summed E-state index contributed by atoms with van der Waals surface area (Å²) in [5.74, 6) is -0.129. The Morgan fingerprint density at radius 3 is 2.68 bits per heavy atom. The van der Waals surface area contributed by atoms with Crippen molar-refractivity contribution in [2.75, 3.05) is 0 Å². The summed E-state index contributed by atoms with van der Waals surface area (Å²) < 4.78 is 1.65. The summed E-state index contributed by atoms with van der Waals surface area (Å²) in [6.07, 6.45) is 2.39. The monoisotopic (exact) mass is 296 g/mol. The third kappa shape index (κ3) is 2.82. The van der Waals surface area contributed by atoms with Crippen LogP contribution in [-0.4, -0.2) is 15.6 Å². The molecule has 0 aliphatic rings. The maximum Gasteiger partial charge on any atom is 0.212 e. The number of aromatic nitrogens is 2. The van der Waals surface area contributed by atoms with Crippen LogP contribution in [0.2, 0.25) is 10.0 Å². The zero-order valence-electron chi connectivity index (χ0n) is 10.8. The van der Waals surface area contributed by atoms with Crippen LogP contribution in [0.1, 0.15) is 35.0 Å². The van der Waals surface area contributed by atoms with Crippen molar-refractivity contribution in [2.24, 2.45) is 0 Å². The van der Waals surface area contributed by atoms with E-state index in [4.69, 9.17) is 23.2 Å². The van der Waals surface area contributed by atoms with Gasteiger partial charge in [0.2, 0.25) is 5.78 Å². The average molecular weight is 297 g/mol. The summed E-state index contributed by atoms with van der Waals surface area (Å²) in [4.78, 5) is 12.5. The molecule has 0 atom stereocenters. The van der Waals surface area contributed by atoms with Gasteiger partial charge in [-0.05, 0) is 37.1 Å². The van der Waals surface area contributed by atoms with Crippen molar-refractivity contribution < 1.29 is 4.79 Å². The summed E-state index contributed by atoms with van der Waals surface area (Å²) in [6.45, 7) is 4.56. The van der Waals surface area contributed by atoms with Crippen LogP contribution >= 0.6 is 23.2 Å². The van der Waals surface area contributed by atoms with Gasteiger partial charge in [-0.1, -0.05) is 30.1 Å². The molecule has 19 heavy (non-hydrogen) atoms. The molecule has 0 fully saturated rings. The quantitative estimate of drug-likeness (QED) is 0.795. The first-order chi connectivity index (χ1) is 9.04. The maximum absolute atomic E-state index is 12.5. The van der Waals surface area contributed by atoms with E-state index in [1.165, 1.54) is 6.20 Å². The molecule has 3 nitrogen and oxygen atoms in total. The number of rotatable bonds is 4. The fraction of sp³-hybridized carbons (Fsp3) is 0.286. The highest BCUT2D eigenvalue weighted by Crippen LogP contribution is 2.22. The molecule has 0 amide bonds. The highest BCUT2D eigenvalue weighted by atomic mass is 35.5. The molecule has 1 aromatic carbocycles. The summed E-state index contributed by atoms with van der Waals surface area (Å²) in [6, 6.07) is 5.19. The number of nitrogens with zero attached hydrogens (tertiary/aromatic N) is 2. The van der Waals surface area contributed by atoms with Gasteiger partial charge in [-0.3, -0.25) is 9.48 Å². The van der Waals surface area contributed by atoms with Gasteiger partial charge < -0.3 is 0 Å². The lowest BCUT2D eigenvalue weighted by molar-refractivity contribution is 0.102. The maximum atomic E-state index is 12.5. The van der Waals surface area contributed by atoms with Crippen molar-refractivity contribution in [3.8, 4) is 0 Å². The fourth-order valence-corrected chi connectivity index (χ4v) is 2.24. The number of aryl methyl sites for hydroxylation is 2. The summed E-state index contributed by atoms with van der Waals surface area (Å²) >= 11 is 12.0. The third-order valence-electron chi connectivity index (χ3n) is 2.87. The molecule has 0 spiro atoms. The van der Waals surface area contributed by atoms with Gasteiger partial charge in [0.05, 0.1) is 11.2 Å². The van der Waals surface area contributed by atoms with E-state index in [9.17, 15) is 4.79 Å². The number of hydrogen-bond donors (Lipinski definition) is 0. The van der Waals surface area contributed by atoms with Gasteiger partial charge in [-0.2, -0.15) is 5.10 Å². The van der Waals surface area contributed by atoms with Crippen LogP contribution in [0.3, 0.4) is 0 Å². The Kier molecular flexibility index (Phi) is 4.27. The summed E-state index contributed by atoms with van der Waals surface area (Å²) in [5.41, 5.74) is 1.87. The standard InChI is InChI=1S/C14H14Cl2N2O/c1-3-6-18-13(12(16)8-17-18)14(19)10-4-5-11(15)9(2)7-10/h4-5,7-8H,3,6H2,1-2H3. The minimum Gasteiger partial charge on any atom is -0.287 e. The average Bonchev–Trinajstić information content (AvgIpc) is 2.74. The van der Waals surface area contributed by atoms with Gasteiger partial charge in [0.25, 0.3) is 0 Å². The van der Waals surface area contributed by atoms with E-state index in [-0.39, 0.29) is 5.78 Å². The van der Waals surface area contributed by atoms with Crippen molar-refractivity contribution in [1.82, 2.24) is 9.78 Å². The predicted octanol–water partition coefficient (Wildman–Crippen LogP) is 4.14. The molecule has 1 aromatic heterocycles. The van der Waals surface area contributed by atoms with Gasteiger partial charge in [-0.25, -0.2) is 0 Å². The zero-order chi connectivity index (χ0) is 14.0. The highest BCUT2D eigenvalue weighted by molar-refractivity contribution is 6.34. The van der Waals surface area contributed by atoms with Gasteiger partial charge >= 0.3 is 0 Å². The van der Waals surface area contributed by atoms with Crippen LogP contribution < -0.4 is 0 Å². The first-order valence-electron chi connectivity index (χ1n) is 6.06. The van der Waals surface area contributed by atoms with Crippen LogP contribution in [-0.2, 0) is 6.54 Å². The SMILES string of the molecule is CCCn1ncc(Cl)c1C(=O)c1ccc(Cl)c(C)c1. The van der Waals surface area contributed by atoms with Crippen LogP contribution in [0.25, 0.3) is 0 Å². The normalized spacial score (nSPS) is 10.7. The Hall–Kier alpha value is -1.32. The highest BCUT2D eigenvalue weighted by Gasteiger charge is 2.19. The Bertz CT molecular complexity index is 620. The molecule has 0 saturated heterocycles. The van der Waals surface area contributed by atoms with E-state index in [0.717, 1.165) is 12.0 Å². The second-order valence-corrected chi connectivity index (χ2v) is 5.17. The lowest BCUT2D eigenvalue weighted by Gasteiger charge is -2.07. The summed E-state index contributed by atoms with van der Waals surface area (Å²) in [5, 5.41) is 5.15. The number of benzene rings is 1. The van der Waals surface area contributed by atoms with Crippen LogP contribution in [0.4, 0.5) is 0 Å². The van der Waals surface area contributed by atoms with Crippen LogP contribution in [0.15, 0.2) is 24.4 Å². The molecule has 100 valence electrons. The molecule has 2 rings (SSSR count). The Labute approximate surface area is 122 Å². The van der Waals surface area contributed by atoms with E-state index in [1.54, 1.807) is 22.9 Å². The Morgan fingerprint density at radius 2 is 2.05 bits per heavy atom. The second kappa shape index (κ2) is 5.76. The molecule has 0 bridgehead atoms. The van der Waals surface area contributed by atoms with E-state index >= 15 is 0 Å². The van der Waals surface area contributed by atoms with Crippen LogP contribution in [0.5, 0.6) is 0 Å². The zero-order valence-corrected chi connectivity index (χ0v) is 12.3. The largest absolute Gasteiger partial charge is 0.287 e. The molecule has 5 heteroatoms. The number of hydrogen-bond acceptors (Lipinski definition) is 2. The first-order valence-corrected chi connectivity index (χ1v) is 6.82. The Morgan fingerprint density at radius 1 is 1.32 bits per heavy atom. The molecular weight excluding hydrogens is 283 g/mol. The number of halogens is 2. The van der Waals surface area contributed by atoms with Gasteiger partial charge in [0.1, 0.15) is 5.69 Å². The molecule has 2 aromatic rings. The topological polar surface area (TPSA) is 34.9 Å². The van der Waals surface area contributed by atoms with E-state index in [1.807, 2.05) is 13.8 Å². The van der Waals surface area contributed by atoms with E-state index in [0.29, 0.717) is 27.8 Å². The van der Waals surface area contributed by atoms with Gasteiger partial charge in [0, 0.05) is 17.1 Å². The molecule has 0 aliphatic carbocycles. The lowest BCUT2D eigenvalue weighted by atomic mass is 10.1. The summed E-state index contributed by atoms with van der Waals surface area (Å²) in [7, 11) is 0. The smallest absolute Gasteiger partial charge is 0.212 e. The van der Waals surface area contributed by atoms with E-state index < -0.39 is 0 Å². The number of ketones is 1. The molecule has 0 aliphatic heterocycles.